The largest absolute Gasteiger partial charge is 0.294 e. The number of fused-ring (bicyclic) bond motifs is 1. The number of rotatable bonds is 3. The summed E-state index contributed by atoms with van der Waals surface area (Å²) in [5, 5.41) is 3.83. The lowest BCUT2D eigenvalue weighted by atomic mass is 10.1. The van der Waals surface area contributed by atoms with E-state index in [1.807, 2.05) is 61.5 Å². The number of hydrogen-bond acceptors (Lipinski definition) is 2. The van der Waals surface area contributed by atoms with E-state index in [2.05, 4.69) is 5.10 Å². The smallest absolute Gasteiger partial charge is 0.273 e. The van der Waals surface area contributed by atoms with Crippen LogP contribution in [0, 0.1) is 6.92 Å². The molecule has 2 aromatic heterocycles. The number of hydrogen-bond donors (Lipinski definition) is 1. The molecule has 4 rings (SSSR count). The lowest BCUT2D eigenvalue weighted by Gasteiger charge is -2.04. The average molecular weight is 350 g/mol. The van der Waals surface area contributed by atoms with E-state index in [0.717, 1.165) is 22.4 Å². The summed E-state index contributed by atoms with van der Waals surface area (Å²) in [6.45, 7) is 1.96. The van der Waals surface area contributed by atoms with E-state index in [9.17, 15) is 4.79 Å². The van der Waals surface area contributed by atoms with Crippen molar-refractivity contribution in [1.82, 2.24) is 14.6 Å². The van der Waals surface area contributed by atoms with Gasteiger partial charge in [0.05, 0.1) is 5.69 Å². The van der Waals surface area contributed by atoms with Crippen LogP contribution in [0.4, 0.5) is 0 Å². The van der Waals surface area contributed by atoms with Gasteiger partial charge in [-0.25, -0.2) is 9.50 Å². The van der Waals surface area contributed by atoms with Gasteiger partial charge in [0.2, 0.25) is 0 Å². The highest BCUT2D eigenvalue weighted by Gasteiger charge is 2.14. The standard InChI is InChI=1S/C20H16ClN3O/c1-13-17(11-14-7-9-16(21)10-8-14)20-22-18(12-19(25)24(20)23-13)15-5-3-2-4-6-15/h2-10,12,23H,11H2,1H3. The minimum Gasteiger partial charge on any atom is -0.294 e. The Morgan fingerprint density at radius 2 is 1.80 bits per heavy atom. The average Bonchev–Trinajstić information content (AvgIpc) is 2.94. The molecule has 5 heteroatoms. The van der Waals surface area contributed by atoms with Crippen LogP contribution in [0.15, 0.2) is 65.5 Å². The van der Waals surface area contributed by atoms with Crippen LogP contribution < -0.4 is 5.56 Å². The number of halogens is 1. The van der Waals surface area contributed by atoms with Gasteiger partial charge in [-0.3, -0.25) is 9.89 Å². The Morgan fingerprint density at radius 3 is 2.52 bits per heavy atom. The van der Waals surface area contributed by atoms with Gasteiger partial charge in [0.15, 0.2) is 5.65 Å². The first-order chi connectivity index (χ1) is 12.1. The number of benzene rings is 2. The maximum atomic E-state index is 12.5. The zero-order valence-electron chi connectivity index (χ0n) is 13.7. The Balaban J connectivity index is 1.86. The van der Waals surface area contributed by atoms with Gasteiger partial charge in [0.25, 0.3) is 5.56 Å². The van der Waals surface area contributed by atoms with E-state index >= 15 is 0 Å². The summed E-state index contributed by atoms with van der Waals surface area (Å²) in [7, 11) is 0. The molecule has 0 saturated carbocycles. The van der Waals surface area contributed by atoms with Crippen LogP contribution in [0.2, 0.25) is 5.02 Å². The van der Waals surface area contributed by atoms with Crippen molar-refractivity contribution in [2.75, 3.05) is 0 Å². The molecule has 124 valence electrons. The quantitative estimate of drug-likeness (QED) is 0.601. The maximum absolute atomic E-state index is 12.5. The number of aromatic nitrogens is 3. The van der Waals surface area contributed by atoms with Crippen LogP contribution in [0.3, 0.4) is 0 Å². The molecule has 0 aliphatic heterocycles. The van der Waals surface area contributed by atoms with Crippen molar-refractivity contribution in [2.45, 2.75) is 13.3 Å². The summed E-state index contributed by atoms with van der Waals surface area (Å²) in [5.74, 6) is 0. The molecule has 0 aliphatic carbocycles. The third-order valence-corrected chi connectivity index (χ3v) is 4.54. The zero-order valence-corrected chi connectivity index (χ0v) is 14.4. The van der Waals surface area contributed by atoms with E-state index in [4.69, 9.17) is 16.6 Å². The molecule has 0 fully saturated rings. The molecule has 0 amide bonds. The molecule has 4 nitrogen and oxygen atoms in total. The Morgan fingerprint density at radius 1 is 1.08 bits per heavy atom. The highest BCUT2D eigenvalue weighted by Crippen LogP contribution is 2.21. The molecule has 2 heterocycles. The maximum Gasteiger partial charge on any atom is 0.273 e. The molecule has 4 aromatic rings. The fraction of sp³-hybridized carbons (Fsp3) is 0.100. The minimum absolute atomic E-state index is 0.116. The van der Waals surface area contributed by atoms with Gasteiger partial charge in [-0.2, -0.15) is 0 Å². The van der Waals surface area contributed by atoms with E-state index in [1.165, 1.54) is 4.52 Å². The van der Waals surface area contributed by atoms with Crippen LogP contribution in [0.1, 0.15) is 16.8 Å². The van der Waals surface area contributed by atoms with Crippen LogP contribution >= 0.6 is 11.6 Å². The lowest BCUT2D eigenvalue weighted by Crippen LogP contribution is -2.14. The van der Waals surface area contributed by atoms with Crippen molar-refractivity contribution >= 4 is 17.2 Å². The molecular formula is C20H16ClN3O. The summed E-state index contributed by atoms with van der Waals surface area (Å²) in [4.78, 5) is 17.3. The Hall–Kier alpha value is -2.85. The van der Waals surface area contributed by atoms with Gasteiger partial charge in [0, 0.05) is 34.3 Å². The van der Waals surface area contributed by atoms with Gasteiger partial charge in [-0.15, -0.1) is 0 Å². The first-order valence-electron chi connectivity index (χ1n) is 8.03. The molecule has 0 atom stereocenters. The minimum atomic E-state index is -0.116. The van der Waals surface area contributed by atoms with E-state index in [1.54, 1.807) is 6.07 Å². The van der Waals surface area contributed by atoms with Crippen LogP contribution in [0.25, 0.3) is 16.9 Å². The van der Waals surface area contributed by atoms with Crippen molar-refractivity contribution in [3.05, 3.63) is 92.9 Å². The molecule has 0 radical (unpaired) electrons. The topological polar surface area (TPSA) is 50.2 Å². The summed E-state index contributed by atoms with van der Waals surface area (Å²) >= 11 is 5.97. The summed E-state index contributed by atoms with van der Waals surface area (Å²) in [6.07, 6.45) is 0.681. The van der Waals surface area contributed by atoms with Crippen molar-refractivity contribution in [1.29, 1.82) is 0 Å². The first-order valence-corrected chi connectivity index (χ1v) is 8.41. The number of aromatic amines is 1. The highest BCUT2D eigenvalue weighted by molar-refractivity contribution is 6.30. The normalized spacial score (nSPS) is 11.1. The van der Waals surface area contributed by atoms with E-state index < -0.39 is 0 Å². The fourth-order valence-corrected chi connectivity index (χ4v) is 3.10. The van der Waals surface area contributed by atoms with Crippen molar-refractivity contribution in [2.24, 2.45) is 0 Å². The molecule has 0 aliphatic rings. The zero-order chi connectivity index (χ0) is 17.4. The second-order valence-electron chi connectivity index (χ2n) is 6.02. The van der Waals surface area contributed by atoms with Gasteiger partial charge in [-0.1, -0.05) is 54.1 Å². The summed E-state index contributed by atoms with van der Waals surface area (Å²) in [5.41, 5.74) is 5.23. The molecule has 0 spiro atoms. The van der Waals surface area contributed by atoms with Gasteiger partial charge < -0.3 is 0 Å². The number of nitrogens with zero attached hydrogens (tertiary/aromatic N) is 2. The number of aryl methyl sites for hydroxylation is 1. The Labute approximate surface area is 149 Å². The summed E-state index contributed by atoms with van der Waals surface area (Å²) < 4.78 is 1.51. The van der Waals surface area contributed by atoms with Crippen LogP contribution in [0.5, 0.6) is 0 Å². The predicted octanol–water partition coefficient (Wildman–Crippen LogP) is 4.24. The monoisotopic (exact) mass is 349 g/mol. The molecular weight excluding hydrogens is 334 g/mol. The third kappa shape index (κ3) is 2.96. The number of nitrogens with one attached hydrogen (secondary N) is 1. The highest BCUT2D eigenvalue weighted by atomic mass is 35.5. The Bertz CT molecular complexity index is 1100. The molecule has 2 aromatic carbocycles. The van der Waals surface area contributed by atoms with Crippen LogP contribution in [-0.4, -0.2) is 14.6 Å². The third-order valence-electron chi connectivity index (χ3n) is 4.28. The van der Waals surface area contributed by atoms with Crippen molar-refractivity contribution in [3.8, 4) is 11.3 Å². The van der Waals surface area contributed by atoms with Gasteiger partial charge >= 0.3 is 0 Å². The fourth-order valence-electron chi connectivity index (χ4n) is 2.97. The van der Waals surface area contributed by atoms with Gasteiger partial charge in [-0.05, 0) is 24.6 Å². The molecule has 1 N–H and O–H groups in total. The van der Waals surface area contributed by atoms with Crippen molar-refractivity contribution < 1.29 is 0 Å². The Kier molecular flexibility index (Phi) is 3.90. The molecule has 0 bridgehead atoms. The molecule has 0 unspecified atom stereocenters. The van der Waals surface area contributed by atoms with E-state index in [-0.39, 0.29) is 5.56 Å². The van der Waals surface area contributed by atoms with Gasteiger partial charge in [0.1, 0.15) is 0 Å². The lowest BCUT2D eigenvalue weighted by molar-refractivity contribution is 0.882. The summed E-state index contributed by atoms with van der Waals surface area (Å²) in [6, 6.07) is 19.0. The van der Waals surface area contributed by atoms with Crippen molar-refractivity contribution in [3.63, 3.8) is 0 Å². The SMILES string of the molecule is Cc1[nH]n2c(=O)cc(-c3ccccc3)nc2c1Cc1ccc(Cl)cc1. The van der Waals surface area contributed by atoms with E-state index in [0.29, 0.717) is 22.8 Å². The number of H-pyrrole nitrogens is 1. The second-order valence-corrected chi connectivity index (χ2v) is 6.46. The predicted molar refractivity (Wildman–Crippen MR) is 100 cm³/mol. The molecule has 0 saturated heterocycles. The second kappa shape index (κ2) is 6.22. The first kappa shape index (κ1) is 15.7. The van der Waals surface area contributed by atoms with Crippen LogP contribution in [-0.2, 0) is 6.42 Å². The molecule has 25 heavy (non-hydrogen) atoms.